The van der Waals surface area contributed by atoms with E-state index in [0.717, 1.165) is 32.5 Å². The lowest BCUT2D eigenvalue weighted by Crippen LogP contribution is -2.27. The molecule has 0 radical (unpaired) electrons. The lowest BCUT2D eigenvalue weighted by atomic mass is 10.4. The number of rotatable bonds is 7. The van der Waals surface area contributed by atoms with Gasteiger partial charge in [0.2, 0.25) is 5.91 Å². The number of carbonyl (C=O) groups is 1. The van der Waals surface area contributed by atoms with Crippen LogP contribution in [0.25, 0.3) is 0 Å². The maximum atomic E-state index is 11.5. The van der Waals surface area contributed by atoms with Crippen LogP contribution in [0.3, 0.4) is 0 Å². The first-order chi connectivity index (χ1) is 9.69. The minimum absolute atomic E-state index is 0.262. The molecule has 0 bridgehead atoms. The predicted molar refractivity (Wildman–Crippen MR) is 76.7 cm³/mol. The Kier molecular flexibility index (Phi) is 5.55. The first-order valence-electron chi connectivity index (χ1n) is 6.73. The van der Waals surface area contributed by atoms with E-state index in [1.807, 2.05) is 4.90 Å². The van der Waals surface area contributed by atoms with E-state index in [4.69, 9.17) is 16.3 Å². The molecule has 6 nitrogen and oxygen atoms in total. The average Bonchev–Trinajstić information content (AvgIpc) is 2.80. The molecule has 1 aromatic heterocycles. The molecular weight excluding hydrogens is 280 g/mol. The SMILES string of the molecule is COCc1nc(Cl)cc(NCCCN2CCCC2=O)n1. The van der Waals surface area contributed by atoms with E-state index >= 15 is 0 Å². The van der Waals surface area contributed by atoms with Crippen LogP contribution in [-0.2, 0) is 16.1 Å². The zero-order chi connectivity index (χ0) is 14.4. The van der Waals surface area contributed by atoms with Crippen molar-refractivity contribution in [1.82, 2.24) is 14.9 Å². The number of anilines is 1. The van der Waals surface area contributed by atoms with Gasteiger partial charge in [0.15, 0.2) is 5.82 Å². The largest absolute Gasteiger partial charge is 0.377 e. The van der Waals surface area contributed by atoms with Crippen molar-refractivity contribution >= 4 is 23.3 Å². The standard InChI is InChI=1S/C13H19ClN4O2/c1-20-9-12-16-10(14)8-11(17-12)15-5-3-7-18-6-2-4-13(18)19/h8H,2-7,9H2,1H3,(H,15,16,17). The van der Waals surface area contributed by atoms with Gasteiger partial charge in [0.25, 0.3) is 0 Å². The van der Waals surface area contributed by atoms with Crippen molar-refractivity contribution in [2.24, 2.45) is 0 Å². The van der Waals surface area contributed by atoms with Crippen LogP contribution in [0.4, 0.5) is 5.82 Å². The number of hydrogen-bond acceptors (Lipinski definition) is 5. The molecule has 0 unspecified atom stereocenters. The second kappa shape index (κ2) is 7.40. The van der Waals surface area contributed by atoms with E-state index in [2.05, 4.69) is 15.3 Å². The Hall–Kier alpha value is -1.40. The summed E-state index contributed by atoms with van der Waals surface area (Å²) in [6.45, 7) is 2.74. The third-order valence-corrected chi connectivity index (χ3v) is 3.29. The van der Waals surface area contributed by atoms with Crippen molar-refractivity contribution in [3.8, 4) is 0 Å². The Balaban J connectivity index is 1.77. The highest BCUT2D eigenvalue weighted by Crippen LogP contribution is 2.13. The molecular formula is C13H19ClN4O2. The minimum atomic E-state index is 0.262. The summed E-state index contributed by atoms with van der Waals surface area (Å²) in [5.41, 5.74) is 0. The van der Waals surface area contributed by atoms with Crippen LogP contribution < -0.4 is 5.32 Å². The second-order valence-electron chi connectivity index (χ2n) is 4.69. The van der Waals surface area contributed by atoms with Crippen molar-refractivity contribution in [2.75, 3.05) is 32.1 Å². The number of amides is 1. The summed E-state index contributed by atoms with van der Waals surface area (Å²) in [6.07, 6.45) is 2.55. The number of nitrogens with one attached hydrogen (secondary N) is 1. The summed E-state index contributed by atoms with van der Waals surface area (Å²) in [4.78, 5) is 21.7. The van der Waals surface area contributed by atoms with Gasteiger partial charge in [-0.15, -0.1) is 0 Å². The van der Waals surface area contributed by atoms with Gasteiger partial charge in [-0.05, 0) is 12.8 Å². The van der Waals surface area contributed by atoms with Gasteiger partial charge in [-0.2, -0.15) is 0 Å². The fourth-order valence-electron chi connectivity index (χ4n) is 2.18. The topological polar surface area (TPSA) is 67.3 Å². The van der Waals surface area contributed by atoms with Crippen LogP contribution in [0.5, 0.6) is 0 Å². The third kappa shape index (κ3) is 4.31. The van der Waals surface area contributed by atoms with E-state index in [0.29, 0.717) is 29.8 Å². The number of hydrogen-bond donors (Lipinski definition) is 1. The molecule has 1 fully saturated rings. The lowest BCUT2D eigenvalue weighted by molar-refractivity contribution is -0.127. The first kappa shape index (κ1) is 15.0. The number of likely N-dealkylation sites (tertiary alicyclic amines) is 1. The molecule has 1 amide bonds. The molecule has 2 heterocycles. The highest BCUT2D eigenvalue weighted by atomic mass is 35.5. The smallest absolute Gasteiger partial charge is 0.222 e. The van der Waals surface area contributed by atoms with Crippen LogP contribution in [0.2, 0.25) is 5.15 Å². The molecule has 2 rings (SSSR count). The molecule has 0 spiro atoms. The van der Waals surface area contributed by atoms with E-state index in [-0.39, 0.29) is 5.91 Å². The summed E-state index contributed by atoms with van der Waals surface area (Å²) in [5, 5.41) is 3.59. The molecule has 0 aromatic carbocycles. The summed E-state index contributed by atoms with van der Waals surface area (Å²) < 4.78 is 4.99. The highest BCUT2D eigenvalue weighted by molar-refractivity contribution is 6.29. The molecule has 1 aromatic rings. The number of nitrogens with zero attached hydrogens (tertiary/aromatic N) is 3. The van der Waals surface area contributed by atoms with Crippen molar-refractivity contribution < 1.29 is 9.53 Å². The number of carbonyl (C=O) groups excluding carboxylic acids is 1. The molecule has 0 aliphatic carbocycles. The fraction of sp³-hybridized carbons (Fsp3) is 0.615. The fourth-order valence-corrected chi connectivity index (χ4v) is 2.38. The summed E-state index contributed by atoms with van der Waals surface area (Å²) >= 11 is 5.92. The lowest BCUT2D eigenvalue weighted by Gasteiger charge is -2.15. The van der Waals surface area contributed by atoms with Crippen molar-refractivity contribution in [3.05, 3.63) is 17.0 Å². The summed E-state index contributed by atoms with van der Waals surface area (Å²) in [7, 11) is 1.59. The number of halogens is 1. The Labute approximate surface area is 123 Å². The molecule has 1 aliphatic heterocycles. The highest BCUT2D eigenvalue weighted by Gasteiger charge is 2.18. The van der Waals surface area contributed by atoms with Gasteiger partial charge in [0.1, 0.15) is 17.6 Å². The van der Waals surface area contributed by atoms with Crippen LogP contribution in [0, 0.1) is 0 Å². The van der Waals surface area contributed by atoms with Gasteiger partial charge in [-0.25, -0.2) is 9.97 Å². The Morgan fingerprint density at radius 1 is 1.50 bits per heavy atom. The minimum Gasteiger partial charge on any atom is -0.377 e. The first-order valence-corrected chi connectivity index (χ1v) is 7.11. The summed E-state index contributed by atoms with van der Waals surface area (Å²) in [6, 6.07) is 1.68. The van der Waals surface area contributed by atoms with E-state index in [1.54, 1.807) is 13.2 Å². The van der Waals surface area contributed by atoms with Crippen molar-refractivity contribution in [1.29, 1.82) is 0 Å². The van der Waals surface area contributed by atoms with Crippen LogP contribution in [-0.4, -0.2) is 47.5 Å². The van der Waals surface area contributed by atoms with Gasteiger partial charge in [0.05, 0.1) is 0 Å². The molecule has 7 heteroatoms. The van der Waals surface area contributed by atoms with E-state index in [9.17, 15) is 4.79 Å². The predicted octanol–water partition coefficient (Wildman–Crippen LogP) is 1.70. The number of ether oxygens (including phenoxy) is 1. The van der Waals surface area contributed by atoms with Gasteiger partial charge in [-0.3, -0.25) is 4.79 Å². The van der Waals surface area contributed by atoms with Gasteiger partial charge >= 0.3 is 0 Å². The van der Waals surface area contributed by atoms with Gasteiger partial charge in [-0.1, -0.05) is 11.6 Å². The van der Waals surface area contributed by atoms with Crippen molar-refractivity contribution in [3.63, 3.8) is 0 Å². The Morgan fingerprint density at radius 3 is 3.05 bits per heavy atom. The number of methoxy groups -OCH3 is 1. The quantitative estimate of drug-likeness (QED) is 0.613. The zero-order valence-electron chi connectivity index (χ0n) is 11.6. The molecule has 0 saturated carbocycles. The maximum Gasteiger partial charge on any atom is 0.222 e. The molecule has 1 N–H and O–H groups in total. The van der Waals surface area contributed by atoms with Gasteiger partial charge < -0.3 is 15.0 Å². The Bertz CT molecular complexity index is 470. The molecule has 0 atom stereocenters. The van der Waals surface area contributed by atoms with Gasteiger partial charge in [0, 0.05) is 39.2 Å². The molecule has 1 saturated heterocycles. The number of aromatic nitrogens is 2. The van der Waals surface area contributed by atoms with E-state index in [1.165, 1.54) is 0 Å². The van der Waals surface area contributed by atoms with Crippen molar-refractivity contribution in [2.45, 2.75) is 25.9 Å². The monoisotopic (exact) mass is 298 g/mol. The summed E-state index contributed by atoms with van der Waals surface area (Å²) in [5.74, 6) is 1.50. The van der Waals surface area contributed by atoms with Crippen LogP contribution in [0.1, 0.15) is 25.1 Å². The maximum absolute atomic E-state index is 11.5. The second-order valence-corrected chi connectivity index (χ2v) is 5.08. The average molecular weight is 299 g/mol. The van der Waals surface area contributed by atoms with E-state index < -0.39 is 0 Å². The third-order valence-electron chi connectivity index (χ3n) is 3.10. The molecule has 1 aliphatic rings. The molecule has 110 valence electrons. The van der Waals surface area contributed by atoms with Crippen LogP contribution >= 0.6 is 11.6 Å². The molecule has 20 heavy (non-hydrogen) atoms. The zero-order valence-corrected chi connectivity index (χ0v) is 12.3. The normalized spacial score (nSPS) is 14.9. The Morgan fingerprint density at radius 2 is 2.35 bits per heavy atom. The van der Waals surface area contributed by atoms with Crippen LogP contribution in [0.15, 0.2) is 6.07 Å².